The number of hydrogen-bond acceptors (Lipinski definition) is 4. The molecule has 1 aromatic carbocycles. The molecule has 0 aliphatic heterocycles. The number of esters is 2. The summed E-state index contributed by atoms with van der Waals surface area (Å²) in [5, 5.41) is 0. The second-order valence-electron chi connectivity index (χ2n) is 3.23. The lowest BCUT2D eigenvalue weighted by molar-refractivity contribution is -0.146. The van der Waals surface area contributed by atoms with Crippen LogP contribution in [0.15, 0.2) is 28.7 Å². The maximum Gasteiger partial charge on any atom is 0.311 e. The smallest absolute Gasteiger partial charge is 0.311 e. The zero-order chi connectivity index (χ0) is 12.7. The van der Waals surface area contributed by atoms with Gasteiger partial charge in [-0.3, -0.25) is 9.59 Å². The number of halogens is 1. The molecule has 92 valence electrons. The van der Waals surface area contributed by atoms with Gasteiger partial charge in [0, 0.05) is 4.47 Å². The third-order valence-corrected chi connectivity index (χ3v) is 2.41. The molecule has 0 saturated carbocycles. The van der Waals surface area contributed by atoms with Gasteiger partial charge in [-0.1, -0.05) is 15.9 Å². The van der Waals surface area contributed by atoms with Gasteiger partial charge in [-0.2, -0.15) is 0 Å². The molecule has 0 bridgehead atoms. The molecule has 0 atom stereocenters. The van der Waals surface area contributed by atoms with E-state index in [0.29, 0.717) is 12.4 Å². The third kappa shape index (κ3) is 5.49. The molecular weight excluding hydrogens is 288 g/mol. The second kappa shape index (κ2) is 7.06. The van der Waals surface area contributed by atoms with E-state index in [0.717, 1.165) is 4.47 Å². The highest BCUT2D eigenvalue weighted by Gasteiger charge is 2.09. The van der Waals surface area contributed by atoms with Crippen LogP contribution >= 0.6 is 15.9 Å². The van der Waals surface area contributed by atoms with Crippen LogP contribution in [0.1, 0.15) is 19.8 Å². The Balaban J connectivity index is 2.34. The summed E-state index contributed by atoms with van der Waals surface area (Å²) in [7, 11) is 0. The molecule has 0 aliphatic carbocycles. The number of benzene rings is 1. The SMILES string of the molecule is CCOC(=O)CCC(=O)Oc1ccc(Br)cc1. The van der Waals surface area contributed by atoms with Crippen molar-refractivity contribution in [2.45, 2.75) is 19.8 Å². The zero-order valence-corrected chi connectivity index (χ0v) is 11.0. The molecular formula is C12H13BrO4. The highest BCUT2D eigenvalue weighted by atomic mass is 79.9. The quantitative estimate of drug-likeness (QED) is 0.620. The van der Waals surface area contributed by atoms with Gasteiger partial charge >= 0.3 is 11.9 Å². The average Bonchev–Trinajstić information content (AvgIpc) is 2.30. The largest absolute Gasteiger partial charge is 0.466 e. The fourth-order valence-corrected chi connectivity index (χ4v) is 1.39. The van der Waals surface area contributed by atoms with Crippen LogP contribution in [-0.4, -0.2) is 18.5 Å². The van der Waals surface area contributed by atoms with Gasteiger partial charge in [0.05, 0.1) is 19.4 Å². The molecule has 0 amide bonds. The fourth-order valence-electron chi connectivity index (χ4n) is 1.12. The molecule has 0 radical (unpaired) electrons. The van der Waals surface area contributed by atoms with E-state index >= 15 is 0 Å². The molecule has 17 heavy (non-hydrogen) atoms. The van der Waals surface area contributed by atoms with Crippen molar-refractivity contribution < 1.29 is 19.1 Å². The van der Waals surface area contributed by atoms with Crippen molar-refractivity contribution in [3.05, 3.63) is 28.7 Å². The number of ether oxygens (including phenoxy) is 2. The first kappa shape index (κ1) is 13.7. The van der Waals surface area contributed by atoms with E-state index < -0.39 is 5.97 Å². The summed E-state index contributed by atoms with van der Waals surface area (Å²) < 4.78 is 10.6. The zero-order valence-electron chi connectivity index (χ0n) is 9.44. The van der Waals surface area contributed by atoms with Gasteiger partial charge in [0.15, 0.2) is 0 Å². The normalized spacial score (nSPS) is 9.76. The van der Waals surface area contributed by atoms with Crippen molar-refractivity contribution in [1.82, 2.24) is 0 Å². The monoisotopic (exact) mass is 300 g/mol. The van der Waals surface area contributed by atoms with E-state index in [2.05, 4.69) is 15.9 Å². The first-order valence-corrected chi connectivity index (χ1v) is 6.03. The van der Waals surface area contributed by atoms with Gasteiger partial charge in [-0.25, -0.2) is 0 Å². The molecule has 0 aromatic heterocycles. The maximum atomic E-state index is 11.4. The lowest BCUT2D eigenvalue weighted by atomic mass is 10.3. The summed E-state index contributed by atoms with van der Waals surface area (Å²) >= 11 is 3.28. The van der Waals surface area contributed by atoms with Crippen LogP contribution in [0, 0.1) is 0 Å². The Morgan fingerprint density at radius 2 is 1.71 bits per heavy atom. The molecule has 0 N–H and O–H groups in total. The van der Waals surface area contributed by atoms with Crippen molar-refractivity contribution in [2.75, 3.05) is 6.61 Å². The van der Waals surface area contributed by atoms with Crippen LogP contribution < -0.4 is 4.74 Å². The van der Waals surface area contributed by atoms with Crippen molar-refractivity contribution in [3.63, 3.8) is 0 Å². The Labute approximate surface area is 108 Å². The van der Waals surface area contributed by atoms with E-state index in [1.54, 1.807) is 31.2 Å². The van der Waals surface area contributed by atoms with Gasteiger partial charge in [-0.15, -0.1) is 0 Å². The Kier molecular flexibility index (Phi) is 5.69. The average molecular weight is 301 g/mol. The molecule has 1 aromatic rings. The highest BCUT2D eigenvalue weighted by molar-refractivity contribution is 9.10. The van der Waals surface area contributed by atoms with Gasteiger partial charge in [0.1, 0.15) is 5.75 Å². The summed E-state index contributed by atoms with van der Waals surface area (Å²) in [5.74, 6) is -0.373. The Hall–Kier alpha value is -1.36. The van der Waals surface area contributed by atoms with Crippen LogP contribution in [-0.2, 0) is 14.3 Å². The Bertz CT molecular complexity index is 386. The summed E-state index contributed by atoms with van der Waals surface area (Å²) in [6, 6.07) is 6.89. The standard InChI is InChI=1S/C12H13BrO4/c1-2-16-11(14)7-8-12(15)17-10-5-3-9(13)4-6-10/h3-6H,2,7-8H2,1H3. The second-order valence-corrected chi connectivity index (χ2v) is 4.15. The lowest BCUT2D eigenvalue weighted by Gasteiger charge is -2.04. The van der Waals surface area contributed by atoms with E-state index in [1.807, 2.05) is 0 Å². The predicted molar refractivity (Wildman–Crippen MR) is 65.6 cm³/mol. The molecule has 5 heteroatoms. The number of carbonyl (C=O) groups is 2. The van der Waals surface area contributed by atoms with Gasteiger partial charge in [0.2, 0.25) is 0 Å². The minimum absolute atomic E-state index is 0.0227. The summed E-state index contributed by atoms with van der Waals surface area (Å²) in [4.78, 5) is 22.4. The maximum absolute atomic E-state index is 11.4. The summed E-state index contributed by atoms with van der Waals surface area (Å²) in [6.07, 6.45) is 0.0676. The van der Waals surface area contributed by atoms with Crippen molar-refractivity contribution in [1.29, 1.82) is 0 Å². The Morgan fingerprint density at radius 1 is 1.12 bits per heavy atom. The van der Waals surface area contributed by atoms with Gasteiger partial charge in [-0.05, 0) is 31.2 Å². The first-order chi connectivity index (χ1) is 8.11. The number of hydrogen-bond donors (Lipinski definition) is 0. The van der Waals surface area contributed by atoms with Crippen molar-refractivity contribution >= 4 is 27.9 Å². The van der Waals surface area contributed by atoms with Gasteiger partial charge in [0.25, 0.3) is 0 Å². The van der Waals surface area contributed by atoms with Crippen molar-refractivity contribution in [2.24, 2.45) is 0 Å². The molecule has 0 heterocycles. The Morgan fingerprint density at radius 3 is 2.29 bits per heavy atom. The lowest BCUT2D eigenvalue weighted by Crippen LogP contribution is -2.12. The third-order valence-electron chi connectivity index (χ3n) is 1.88. The van der Waals surface area contributed by atoms with Crippen LogP contribution in [0.25, 0.3) is 0 Å². The van der Waals surface area contributed by atoms with Crippen LogP contribution in [0.3, 0.4) is 0 Å². The van der Waals surface area contributed by atoms with E-state index in [-0.39, 0.29) is 18.8 Å². The summed E-state index contributed by atoms with van der Waals surface area (Å²) in [5.41, 5.74) is 0. The van der Waals surface area contributed by atoms with E-state index in [9.17, 15) is 9.59 Å². The molecule has 1 rings (SSSR count). The summed E-state index contributed by atoms with van der Waals surface area (Å²) in [6.45, 7) is 2.04. The minimum atomic E-state index is -0.444. The molecule has 0 fully saturated rings. The molecule has 0 spiro atoms. The minimum Gasteiger partial charge on any atom is -0.466 e. The van der Waals surface area contributed by atoms with Crippen LogP contribution in [0.4, 0.5) is 0 Å². The molecule has 4 nitrogen and oxygen atoms in total. The molecule has 0 aliphatic rings. The number of rotatable bonds is 5. The highest BCUT2D eigenvalue weighted by Crippen LogP contribution is 2.16. The van der Waals surface area contributed by atoms with E-state index in [1.165, 1.54) is 0 Å². The van der Waals surface area contributed by atoms with Crippen molar-refractivity contribution in [3.8, 4) is 5.75 Å². The fraction of sp³-hybridized carbons (Fsp3) is 0.333. The first-order valence-electron chi connectivity index (χ1n) is 5.23. The number of carbonyl (C=O) groups excluding carboxylic acids is 2. The molecule has 0 unspecified atom stereocenters. The van der Waals surface area contributed by atoms with Crippen LogP contribution in [0.2, 0.25) is 0 Å². The van der Waals surface area contributed by atoms with Crippen LogP contribution in [0.5, 0.6) is 5.75 Å². The van der Waals surface area contributed by atoms with Gasteiger partial charge < -0.3 is 9.47 Å². The predicted octanol–water partition coefficient (Wildman–Crippen LogP) is 2.70. The topological polar surface area (TPSA) is 52.6 Å². The molecule has 0 saturated heterocycles. The van der Waals surface area contributed by atoms with E-state index in [4.69, 9.17) is 9.47 Å².